The lowest BCUT2D eigenvalue weighted by molar-refractivity contribution is -0.142. The van der Waals surface area contributed by atoms with Gasteiger partial charge in [-0.1, -0.05) is 57.0 Å². The van der Waals surface area contributed by atoms with Crippen LogP contribution < -0.4 is 33.2 Å². The molecule has 0 saturated carbocycles. The molecule has 0 aromatic heterocycles. The van der Waals surface area contributed by atoms with Crippen LogP contribution in [0.25, 0.3) is 0 Å². The molecule has 1 aromatic carbocycles. The molecule has 5 unspecified atom stereocenters. The average Bonchev–Trinajstić information content (AvgIpc) is 2.88. The highest BCUT2D eigenvalue weighted by Crippen LogP contribution is 2.11. The Morgan fingerprint density at radius 2 is 1.53 bits per heavy atom. The maximum atomic E-state index is 13.2. The molecular formula is C26H42N6O6. The van der Waals surface area contributed by atoms with Gasteiger partial charge < -0.3 is 38.3 Å². The van der Waals surface area contributed by atoms with Crippen molar-refractivity contribution in [2.24, 2.45) is 23.1 Å². The maximum absolute atomic E-state index is 13.2. The van der Waals surface area contributed by atoms with Gasteiger partial charge in [0, 0.05) is 12.8 Å². The Hall–Kier alpha value is -3.51. The fourth-order valence-electron chi connectivity index (χ4n) is 3.74. The second kappa shape index (κ2) is 17.1. The van der Waals surface area contributed by atoms with Crippen LogP contribution in [0.5, 0.6) is 0 Å². The number of nitrogens with two attached hydrogens (primary N) is 3. The Bertz CT molecular complexity index is 928. The summed E-state index contributed by atoms with van der Waals surface area (Å²) in [7, 11) is 0. The summed E-state index contributed by atoms with van der Waals surface area (Å²) in [6.45, 7) is 4.09. The minimum Gasteiger partial charge on any atom is -0.480 e. The summed E-state index contributed by atoms with van der Waals surface area (Å²) in [5, 5.41) is 17.3. The number of benzene rings is 1. The summed E-state index contributed by atoms with van der Waals surface area (Å²) < 4.78 is 0. The van der Waals surface area contributed by atoms with Crippen molar-refractivity contribution in [1.29, 1.82) is 0 Å². The summed E-state index contributed by atoms with van der Waals surface area (Å²) in [5.74, 6) is -4.19. The highest BCUT2D eigenvalue weighted by Gasteiger charge is 2.32. The lowest BCUT2D eigenvalue weighted by Gasteiger charge is -2.28. The number of carbonyl (C=O) groups excluding carboxylic acids is 4. The molecule has 0 radical (unpaired) electrons. The van der Waals surface area contributed by atoms with Crippen LogP contribution in [0.15, 0.2) is 30.3 Å². The molecule has 0 spiro atoms. The van der Waals surface area contributed by atoms with Crippen LogP contribution in [0.1, 0.15) is 57.9 Å². The maximum Gasteiger partial charge on any atom is 0.326 e. The molecule has 212 valence electrons. The van der Waals surface area contributed by atoms with Crippen LogP contribution in [0.3, 0.4) is 0 Å². The van der Waals surface area contributed by atoms with Crippen LogP contribution in [-0.2, 0) is 30.4 Å². The van der Waals surface area contributed by atoms with Gasteiger partial charge in [-0.05, 0) is 37.3 Å². The van der Waals surface area contributed by atoms with Gasteiger partial charge in [0.2, 0.25) is 23.6 Å². The van der Waals surface area contributed by atoms with Crippen LogP contribution >= 0.6 is 0 Å². The zero-order chi connectivity index (χ0) is 28.7. The molecule has 38 heavy (non-hydrogen) atoms. The number of carbonyl (C=O) groups is 5. The molecule has 1 rings (SSSR count). The first kappa shape index (κ1) is 32.5. The number of carboxylic acids is 1. The third-order valence-corrected chi connectivity index (χ3v) is 6.31. The summed E-state index contributed by atoms with van der Waals surface area (Å²) in [6.07, 6.45) is 1.97. The molecule has 12 nitrogen and oxygen atoms in total. The third-order valence-electron chi connectivity index (χ3n) is 6.31. The van der Waals surface area contributed by atoms with Crippen molar-refractivity contribution in [3.05, 3.63) is 35.9 Å². The van der Waals surface area contributed by atoms with Gasteiger partial charge in [0.25, 0.3) is 0 Å². The number of carboxylic acid groups (broad SMARTS) is 1. The minimum atomic E-state index is -1.27. The fraction of sp³-hybridized carbons (Fsp3) is 0.577. The highest BCUT2D eigenvalue weighted by atomic mass is 16.4. The van der Waals surface area contributed by atoms with Crippen molar-refractivity contribution in [3.8, 4) is 0 Å². The molecule has 0 aliphatic carbocycles. The normalized spacial score (nSPS) is 14.8. The molecule has 0 bridgehead atoms. The number of hydrogen-bond acceptors (Lipinski definition) is 7. The molecule has 4 amide bonds. The molecule has 5 atom stereocenters. The average molecular weight is 535 g/mol. The van der Waals surface area contributed by atoms with E-state index in [4.69, 9.17) is 17.2 Å². The van der Waals surface area contributed by atoms with Crippen molar-refractivity contribution in [2.45, 2.75) is 83.0 Å². The van der Waals surface area contributed by atoms with Crippen LogP contribution in [-0.4, -0.2) is 65.4 Å². The lowest BCUT2D eigenvalue weighted by Crippen LogP contribution is -2.58. The van der Waals surface area contributed by atoms with Gasteiger partial charge in [-0.25, -0.2) is 4.79 Å². The molecule has 1 aromatic rings. The Labute approximate surface area is 223 Å². The van der Waals surface area contributed by atoms with Gasteiger partial charge in [-0.15, -0.1) is 0 Å². The van der Waals surface area contributed by atoms with E-state index >= 15 is 0 Å². The van der Waals surface area contributed by atoms with Crippen molar-refractivity contribution >= 4 is 29.6 Å². The highest BCUT2D eigenvalue weighted by molar-refractivity contribution is 5.94. The molecule has 0 saturated heterocycles. The van der Waals surface area contributed by atoms with E-state index in [0.29, 0.717) is 37.8 Å². The first-order chi connectivity index (χ1) is 18.0. The van der Waals surface area contributed by atoms with E-state index in [1.165, 1.54) is 0 Å². The van der Waals surface area contributed by atoms with Gasteiger partial charge in [0.05, 0.1) is 6.04 Å². The van der Waals surface area contributed by atoms with Crippen molar-refractivity contribution in [2.75, 3.05) is 6.54 Å². The second-order valence-corrected chi connectivity index (χ2v) is 9.42. The summed E-state index contributed by atoms with van der Waals surface area (Å²) in [5.41, 5.74) is 17.4. The number of aliphatic carboxylic acids is 1. The second-order valence-electron chi connectivity index (χ2n) is 9.42. The van der Waals surface area contributed by atoms with Crippen molar-refractivity contribution < 1.29 is 29.1 Å². The van der Waals surface area contributed by atoms with E-state index in [1.54, 1.807) is 37.3 Å². The number of hydrogen-bond donors (Lipinski definition) is 7. The van der Waals surface area contributed by atoms with Gasteiger partial charge in [-0.2, -0.15) is 0 Å². The topological polar surface area (TPSA) is 220 Å². The lowest BCUT2D eigenvalue weighted by atomic mass is 9.96. The van der Waals surface area contributed by atoms with E-state index in [-0.39, 0.29) is 25.2 Å². The first-order valence-electron chi connectivity index (χ1n) is 12.9. The molecular weight excluding hydrogens is 492 g/mol. The van der Waals surface area contributed by atoms with Crippen LogP contribution in [0.2, 0.25) is 0 Å². The van der Waals surface area contributed by atoms with Gasteiger partial charge >= 0.3 is 5.97 Å². The summed E-state index contributed by atoms with van der Waals surface area (Å²) in [4.78, 5) is 62.2. The van der Waals surface area contributed by atoms with Gasteiger partial charge in [0.15, 0.2) is 0 Å². The Morgan fingerprint density at radius 1 is 0.895 bits per heavy atom. The molecule has 0 heterocycles. The predicted octanol–water partition coefficient (Wildman–Crippen LogP) is -0.464. The van der Waals surface area contributed by atoms with Gasteiger partial charge in [-0.3, -0.25) is 19.2 Å². The molecule has 0 fully saturated rings. The minimum absolute atomic E-state index is 0.0198. The zero-order valence-electron chi connectivity index (χ0n) is 22.2. The smallest absolute Gasteiger partial charge is 0.326 e. The number of nitrogens with one attached hydrogen (secondary N) is 3. The standard InChI is InChI=1S/C26H42N6O6/c1-3-16(2)22(32-23(34)18(28)11-7-8-14-27)25(36)30-19(12-13-21(29)33)24(35)31-20(26(37)38)15-17-9-5-4-6-10-17/h4-6,9-10,16,18-20,22H,3,7-8,11-15,27-28H2,1-2H3,(H2,29,33)(H,30,36)(H,31,35)(H,32,34)(H,37,38). The van der Waals surface area contributed by atoms with E-state index in [0.717, 1.165) is 0 Å². The summed E-state index contributed by atoms with van der Waals surface area (Å²) in [6, 6.07) is 4.39. The van der Waals surface area contributed by atoms with E-state index in [2.05, 4.69) is 16.0 Å². The van der Waals surface area contributed by atoms with Crippen molar-refractivity contribution in [1.82, 2.24) is 16.0 Å². The summed E-state index contributed by atoms with van der Waals surface area (Å²) >= 11 is 0. The predicted molar refractivity (Wildman–Crippen MR) is 142 cm³/mol. The first-order valence-corrected chi connectivity index (χ1v) is 12.9. The van der Waals surface area contributed by atoms with Crippen LogP contribution in [0.4, 0.5) is 0 Å². The van der Waals surface area contributed by atoms with Crippen LogP contribution in [0, 0.1) is 5.92 Å². The van der Waals surface area contributed by atoms with E-state index in [1.807, 2.05) is 6.92 Å². The monoisotopic (exact) mass is 534 g/mol. The largest absolute Gasteiger partial charge is 0.480 e. The van der Waals surface area contributed by atoms with Gasteiger partial charge in [0.1, 0.15) is 18.1 Å². The van der Waals surface area contributed by atoms with E-state index in [9.17, 15) is 29.1 Å². The zero-order valence-corrected chi connectivity index (χ0v) is 22.2. The number of primary amides is 1. The fourth-order valence-corrected chi connectivity index (χ4v) is 3.74. The molecule has 12 heteroatoms. The van der Waals surface area contributed by atoms with Crippen molar-refractivity contribution in [3.63, 3.8) is 0 Å². The number of unbranched alkanes of at least 4 members (excludes halogenated alkanes) is 1. The Balaban J connectivity index is 3.02. The number of amides is 4. The molecule has 0 aliphatic rings. The quantitative estimate of drug-likeness (QED) is 0.122. The third kappa shape index (κ3) is 11.7. The number of rotatable bonds is 18. The Morgan fingerprint density at radius 3 is 2.08 bits per heavy atom. The molecule has 0 aliphatic heterocycles. The Kier molecular flexibility index (Phi) is 14.6. The molecule has 10 N–H and O–H groups in total. The van der Waals surface area contributed by atoms with E-state index < -0.39 is 53.8 Å². The SMILES string of the molecule is CCC(C)C(NC(=O)C(N)CCCCN)C(=O)NC(CCC(N)=O)C(=O)NC(Cc1ccccc1)C(=O)O.